The standard InChI is InChI=1S/C7H7N5.C2H6/c1-6-2-7(4-8-3-6)12-5-9-10-11-12;1-2/h2-5H,1H3;1-2H3. The Hall–Kier alpha value is -1.78. The van der Waals surface area contributed by atoms with E-state index in [4.69, 9.17) is 0 Å². The quantitative estimate of drug-likeness (QED) is 0.683. The minimum Gasteiger partial charge on any atom is -0.262 e. The van der Waals surface area contributed by atoms with Gasteiger partial charge in [0.15, 0.2) is 0 Å². The Morgan fingerprint density at radius 1 is 1.21 bits per heavy atom. The lowest BCUT2D eigenvalue weighted by atomic mass is 10.3. The number of rotatable bonds is 1. The fourth-order valence-electron chi connectivity index (χ4n) is 0.944. The van der Waals surface area contributed by atoms with Gasteiger partial charge in [0, 0.05) is 6.20 Å². The molecule has 0 aliphatic heterocycles. The summed E-state index contributed by atoms with van der Waals surface area (Å²) in [6.07, 6.45) is 5.04. The van der Waals surface area contributed by atoms with E-state index in [-0.39, 0.29) is 0 Å². The molecule has 2 rings (SSSR count). The van der Waals surface area contributed by atoms with Crippen LogP contribution in [0.4, 0.5) is 0 Å². The second-order valence-corrected chi connectivity index (χ2v) is 2.47. The largest absolute Gasteiger partial charge is 0.262 e. The summed E-state index contributed by atoms with van der Waals surface area (Å²) in [5.41, 5.74) is 1.96. The zero-order chi connectivity index (χ0) is 10.4. The highest BCUT2D eigenvalue weighted by Crippen LogP contribution is 2.04. The van der Waals surface area contributed by atoms with Gasteiger partial charge in [0.05, 0.1) is 11.9 Å². The Kier molecular flexibility index (Phi) is 3.72. The van der Waals surface area contributed by atoms with Crippen LogP contribution in [-0.4, -0.2) is 25.2 Å². The number of nitrogens with zero attached hydrogens (tertiary/aromatic N) is 5. The van der Waals surface area contributed by atoms with Crippen LogP contribution in [0.25, 0.3) is 5.69 Å². The van der Waals surface area contributed by atoms with Gasteiger partial charge in [-0.3, -0.25) is 4.98 Å². The summed E-state index contributed by atoms with van der Waals surface area (Å²) in [7, 11) is 0. The van der Waals surface area contributed by atoms with E-state index in [0.29, 0.717) is 0 Å². The molecule has 0 spiro atoms. The summed E-state index contributed by atoms with van der Waals surface area (Å²) in [5, 5.41) is 10.8. The molecule has 2 heterocycles. The Morgan fingerprint density at radius 3 is 2.57 bits per heavy atom. The molecule has 2 aromatic heterocycles. The molecule has 0 aliphatic carbocycles. The fourth-order valence-corrected chi connectivity index (χ4v) is 0.944. The summed E-state index contributed by atoms with van der Waals surface area (Å²) in [4.78, 5) is 4.02. The first-order valence-corrected chi connectivity index (χ1v) is 4.51. The van der Waals surface area contributed by atoms with E-state index in [1.165, 1.54) is 6.33 Å². The van der Waals surface area contributed by atoms with Crippen LogP contribution in [0.1, 0.15) is 19.4 Å². The normalized spacial score (nSPS) is 9.07. The second kappa shape index (κ2) is 5.06. The number of hydrogen-bond donors (Lipinski definition) is 0. The molecule has 0 unspecified atom stereocenters. The Labute approximate surface area is 82.8 Å². The average Bonchev–Trinajstić information content (AvgIpc) is 2.74. The van der Waals surface area contributed by atoms with Crippen LogP contribution in [0, 0.1) is 6.92 Å². The van der Waals surface area contributed by atoms with E-state index < -0.39 is 0 Å². The highest BCUT2D eigenvalue weighted by molar-refractivity contribution is 5.29. The zero-order valence-electron chi connectivity index (χ0n) is 8.55. The Bertz CT molecular complexity index is 368. The molecule has 0 amide bonds. The number of hydrogen-bond acceptors (Lipinski definition) is 4. The second-order valence-electron chi connectivity index (χ2n) is 2.47. The highest BCUT2D eigenvalue weighted by Gasteiger charge is 1.96. The van der Waals surface area contributed by atoms with Gasteiger partial charge >= 0.3 is 0 Å². The topological polar surface area (TPSA) is 56.5 Å². The zero-order valence-corrected chi connectivity index (χ0v) is 8.55. The first kappa shape index (κ1) is 10.3. The van der Waals surface area contributed by atoms with Crippen molar-refractivity contribution in [3.8, 4) is 5.69 Å². The van der Waals surface area contributed by atoms with Crippen LogP contribution >= 0.6 is 0 Å². The van der Waals surface area contributed by atoms with E-state index in [0.717, 1.165) is 11.3 Å². The van der Waals surface area contributed by atoms with Crippen molar-refractivity contribution >= 4 is 0 Å². The molecule has 0 bridgehead atoms. The van der Waals surface area contributed by atoms with E-state index in [1.807, 2.05) is 26.8 Å². The van der Waals surface area contributed by atoms with Gasteiger partial charge in [-0.2, -0.15) is 4.68 Å². The minimum atomic E-state index is 0.875. The monoisotopic (exact) mass is 191 g/mol. The third-order valence-electron chi connectivity index (χ3n) is 1.47. The lowest BCUT2D eigenvalue weighted by Crippen LogP contribution is -1.95. The Morgan fingerprint density at radius 2 is 2.00 bits per heavy atom. The van der Waals surface area contributed by atoms with Gasteiger partial charge in [0.2, 0.25) is 0 Å². The predicted octanol–water partition coefficient (Wildman–Crippen LogP) is 1.39. The molecule has 5 heteroatoms. The van der Waals surface area contributed by atoms with Crippen molar-refractivity contribution in [1.29, 1.82) is 0 Å². The van der Waals surface area contributed by atoms with Crippen molar-refractivity contribution in [3.05, 3.63) is 30.4 Å². The van der Waals surface area contributed by atoms with Gasteiger partial charge in [-0.1, -0.05) is 13.8 Å². The first-order chi connectivity index (χ1) is 6.86. The molecular weight excluding hydrogens is 178 g/mol. The lowest BCUT2D eigenvalue weighted by Gasteiger charge is -1.97. The van der Waals surface area contributed by atoms with Gasteiger partial charge in [-0.15, -0.1) is 5.10 Å². The van der Waals surface area contributed by atoms with Crippen molar-refractivity contribution in [2.24, 2.45) is 0 Å². The van der Waals surface area contributed by atoms with Gasteiger partial charge in [0.25, 0.3) is 0 Å². The summed E-state index contributed by atoms with van der Waals surface area (Å²) in [5.74, 6) is 0. The number of tetrazole rings is 1. The summed E-state index contributed by atoms with van der Waals surface area (Å²) >= 11 is 0. The number of pyridine rings is 1. The van der Waals surface area contributed by atoms with Crippen molar-refractivity contribution in [2.45, 2.75) is 20.8 Å². The van der Waals surface area contributed by atoms with Crippen molar-refractivity contribution in [1.82, 2.24) is 25.2 Å². The lowest BCUT2D eigenvalue weighted by molar-refractivity contribution is 0.785. The molecule has 0 saturated heterocycles. The van der Waals surface area contributed by atoms with Crippen LogP contribution in [-0.2, 0) is 0 Å². The molecular formula is C9H13N5. The highest BCUT2D eigenvalue weighted by atomic mass is 15.5. The fraction of sp³-hybridized carbons (Fsp3) is 0.333. The Balaban J connectivity index is 0.000000461. The molecule has 0 saturated carbocycles. The third-order valence-corrected chi connectivity index (χ3v) is 1.47. The summed E-state index contributed by atoms with van der Waals surface area (Å²) < 4.78 is 1.57. The number of aryl methyl sites for hydroxylation is 1. The number of aromatic nitrogens is 5. The van der Waals surface area contributed by atoms with Crippen LogP contribution in [0.5, 0.6) is 0 Å². The van der Waals surface area contributed by atoms with Crippen LogP contribution < -0.4 is 0 Å². The van der Waals surface area contributed by atoms with Crippen molar-refractivity contribution in [3.63, 3.8) is 0 Å². The maximum atomic E-state index is 4.02. The molecule has 2 aromatic rings. The van der Waals surface area contributed by atoms with Crippen molar-refractivity contribution < 1.29 is 0 Å². The maximum absolute atomic E-state index is 4.02. The first-order valence-electron chi connectivity index (χ1n) is 4.51. The maximum Gasteiger partial charge on any atom is 0.143 e. The van der Waals surface area contributed by atoms with Gasteiger partial charge < -0.3 is 0 Å². The molecule has 0 radical (unpaired) electrons. The molecule has 0 aromatic carbocycles. The van der Waals surface area contributed by atoms with Gasteiger partial charge in [0.1, 0.15) is 6.33 Å². The smallest absolute Gasteiger partial charge is 0.143 e. The summed E-state index contributed by atoms with van der Waals surface area (Å²) in [6.45, 7) is 5.97. The molecule has 0 N–H and O–H groups in total. The molecule has 0 fully saturated rings. The molecule has 14 heavy (non-hydrogen) atoms. The molecule has 0 atom stereocenters. The van der Waals surface area contributed by atoms with Crippen LogP contribution in [0.3, 0.4) is 0 Å². The van der Waals surface area contributed by atoms with E-state index in [2.05, 4.69) is 20.5 Å². The summed E-state index contributed by atoms with van der Waals surface area (Å²) in [6, 6.07) is 1.96. The van der Waals surface area contributed by atoms with E-state index in [1.54, 1.807) is 17.1 Å². The molecule has 74 valence electrons. The minimum absolute atomic E-state index is 0.875. The average molecular weight is 191 g/mol. The predicted molar refractivity (Wildman–Crippen MR) is 53.0 cm³/mol. The van der Waals surface area contributed by atoms with E-state index in [9.17, 15) is 0 Å². The van der Waals surface area contributed by atoms with Gasteiger partial charge in [-0.25, -0.2) is 0 Å². The SMILES string of the molecule is CC.Cc1cncc(-n2cnnn2)c1. The van der Waals surface area contributed by atoms with E-state index >= 15 is 0 Å². The van der Waals surface area contributed by atoms with Crippen LogP contribution in [0.2, 0.25) is 0 Å². The van der Waals surface area contributed by atoms with Crippen LogP contribution in [0.15, 0.2) is 24.8 Å². The van der Waals surface area contributed by atoms with Gasteiger partial charge in [-0.05, 0) is 29.0 Å². The third kappa shape index (κ3) is 2.35. The molecule has 0 aliphatic rings. The van der Waals surface area contributed by atoms with Crippen molar-refractivity contribution in [2.75, 3.05) is 0 Å². The molecule has 5 nitrogen and oxygen atoms in total.